The number of hydrogen-bond acceptors (Lipinski definition) is 5. The minimum absolute atomic E-state index is 0.264. The van der Waals surface area contributed by atoms with Gasteiger partial charge in [-0.15, -0.1) is 10.2 Å². The zero-order valence-corrected chi connectivity index (χ0v) is 13.8. The van der Waals surface area contributed by atoms with Gasteiger partial charge < -0.3 is 14.3 Å². The molecule has 0 bridgehead atoms. The first-order valence-corrected chi connectivity index (χ1v) is 7.93. The van der Waals surface area contributed by atoms with E-state index in [1.807, 2.05) is 25.4 Å². The lowest BCUT2D eigenvalue weighted by molar-refractivity contribution is 0.386. The van der Waals surface area contributed by atoms with E-state index in [0.717, 1.165) is 12.0 Å². The quantitative estimate of drug-likeness (QED) is 0.741. The molecule has 128 valence electrons. The summed E-state index contributed by atoms with van der Waals surface area (Å²) < 4.78 is 7.47. The van der Waals surface area contributed by atoms with Crippen molar-refractivity contribution in [3.8, 4) is 17.1 Å². The van der Waals surface area contributed by atoms with Crippen LogP contribution in [-0.2, 0) is 7.05 Å². The highest BCUT2D eigenvalue weighted by molar-refractivity contribution is 5.58. The van der Waals surface area contributed by atoms with E-state index in [2.05, 4.69) is 30.8 Å². The van der Waals surface area contributed by atoms with Crippen LogP contribution in [0.3, 0.4) is 0 Å². The molecule has 8 nitrogen and oxygen atoms in total. The van der Waals surface area contributed by atoms with E-state index in [9.17, 15) is 9.59 Å². The monoisotopic (exact) mass is 339 g/mol. The Kier molecular flexibility index (Phi) is 3.52. The van der Waals surface area contributed by atoms with Gasteiger partial charge in [0.2, 0.25) is 5.88 Å². The van der Waals surface area contributed by atoms with Crippen LogP contribution in [0.1, 0.15) is 29.5 Å². The van der Waals surface area contributed by atoms with Crippen LogP contribution in [0.2, 0.25) is 0 Å². The fourth-order valence-corrected chi connectivity index (χ4v) is 3.28. The SMILES string of the molecule is COc1nnc(-c2c[nH]c(=O)[nH]c2=O)cc1[C@H]1C[C@@H]1c1cccn1C. The fourth-order valence-electron chi connectivity index (χ4n) is 3.28. The topological polar surface area (TPSA) is 106 Å². The molecule has 3 aromatic rings. The van der Waals surface area contributed by atoms with Crippen LogP contribution >= 0.6 is 0 Å². The van der Waals surface area contributed by atoms with E-state index in [4.69, 9.17) is 4.74 Å². The Hall–Kier alpha value is -3.16. The van der Waals surface area contributed by atoms with Gasteiger partial charge in [-0.05, 0) is 30.5 Å². The molecule has 4 rings (SSSR count). The maximum Gasteiger partial charge on any atom is 0.325 e. The summed E-state index contributed by atoms with van der Waals surface area (Å²) in [6.45, 7) is 0. The van der Waals surface area contributed by atoms with Crippen molar-refractivity contribution in [1.82, 2.24) is 24.7 Å². The number of nitrogens with zero attached hydrogens (tertiary/aromatic N) is 3. The molecule has 2 atom stereocenters. The van der Waals surface area contributed by atoms with Gasteiger partial charge in [0.25, 0.3) is 5.56 Å². The summed E-state index contributed by atoms with van der Waals surface area (Å²) in [6, 6.07) is 5.96. The lowest BCUT2D eigenvalue weighted by Gasteiger charge is -2.09. The van der Waals surface area contributed by atoms with Crippen LogP contribution < -0.4 is 16.0 Å². The van der Waals surface area contributed by atoms with Crippen LogP contribution in [-0.4, -0.2) is 31.8 Å². The molecule has 3 aromatic heterocycles. The van der Waals surface area contributed by atoms with Crippen molar-refractivity contribution in [2.75, 3.05) is 7.11 Å². The highest BCUT2D eigenvalue weighted by Gasteiger charge is 2.43. The van der Waals surface area contributed by atoms with Crippen molar-refractivity contribution in [3.05, 3.63) is 62.7 Å². The Bertz CT molecular complexity index is 1050. The van der Waals surface area contributed by atoms with Gasteiger partial charge >= 0.3 is 5.69 Å². The highest BCUT2D eigenvalue weighted by Crippen LogP contribution is 2.56. The molecule has 0 aliphatic heterocycles. The summed E-state index contributed by atoms with van der Waals surface area (Å²) in [4.78, 5) is 27.9. The van der Waals surface area contributed by atoms with E-state index in [-0.39, 0.29) is 11.5 Å². The van der Waals surface area contributed by atoms with Gasteiger partial charge in [0, 0.05) is 36.6 Å². The molecule has 0 aromatic carbocycles. The largest absolute Gasteiger partial charge is 0.480 e. The summed E-state index contributed by atoms with van der Waals surface area (Å²) >= 11 is 0. The van der Waals surface area contributed by atoms with Crippen LogP contribution in [0.15, 0.2) is 40.2 Å². The zero-order chi connectivity index (χ0) is 17.6. The maximum atomic E-state index is 12.0. The van der Waals surface area contributed by atoms with Gasteiger partial charge in [0.05, 0.1) is 12.7 Å². The van der Waals surface area contributed by atoms with E-state index in [1.54, 1.807) is 7.11 Å². The van der Waals surface area contributed by atoms with Crippen molar-refractivity contribution < 1.29 is 4.74 Å². The third-order valence-electron chi connectivity index (χ3n) is 4.63. The molecule has 1 aliphatic rings. The molecular formula is C17H17N5O3. The van der Waals surface area contributed by atoms with E-state index >= 15 is 0 Å². The molecule has 3 heterocycles. The molecule has 8 heteroatoms. The number of methoxy groups -OCH3 is 1. The van der Waals surface area contributed by atoms with Crippen molar-refractivity contribution in [1.29, 1.82) is 0 Å². The van der Waals surface area contributed by atoms with E-state index in [0.29, 0.717) is 17.5 Å². The van der Waals surface area contributed by atoms with Crippen molar-refractivity contribution in [3.63, 3.8) is 0 Å². The average molecular weight is 339 g/mol. The van der Waals surface area contributed by atoms with Gasteiger partial charge in [0.1, 0.15) is 5.69 Å². The third-order valence-corrected chi connectivity index (χ3v) is 4.63. The third kappa shape index (κ3) is 2.65. The normalized spacial score (nSPS) is 19.0. The second-order valence-electron chi connectivity index (χ2n) is 6.17. The Balaban J connectivity index is 1.74. The number of H-pyrrole nitrogens is 2. The average Bonchev–Trinajstić information content (AvgIpc) is 3.27. The summed E-state index contributed by atoms with van der Waals surface area (Å²) in [7, 11) is 3.58. The second kappa shape index (κ2) is 5.73. The zero-order valence-electron chi connectivity index (χ0n) is 13.8. The highest BCUT2D eigenvalue weighted by atomic mass is 16.5. The predicted octanol–water partition coefficient (Wildman–Crippen LogP) is 1.14. The minimum Gasteiger partial charge on any atom is -0.480 e. The maximum absolute atomic E-state index is 12.0. The molecule has 0 amide bonds. The van der Waals surface area contributed by atoms with Crippen molar-refractivity contribution in [2.45, 2.75) is 18.3 Å². The minimum atomic E-state index is -0.554. The lowest BCUT2D eigenvalue weighted by Crippen LogP contribution is -2.23. The van der Waals surface area contributed by atoms with Crippen molar-refractivity contribution >= 4 is 0 Å². The van der Waals surface area contributed by atoms with Gasteiger partial charge in [-0.3, -0.25) is 9.78 Å². The first-order valence-electron chi connectivity index (χ1n) is 7.93. The van der Waals surface area contributed by atoms with Crippen LogP contribution in [0.25, 0.3) is 11.3 Å². The molecular weight excluding hydrogens is 322 g/mol. The molecule has 25 heavy (non-hydrogen) atoms. The van der Waals surface area contributed by atoms with Gasteiger partial charge in [-0.25, -0.2) is 4.79 Å². The smallest absolute Gasteiger partial charge is 0.325 e. The predicted molar refractivity (Wildman–Crippen MR) is 90.8 cm³/mol. The van der Waals surface area contributed by atoms with Crippen molar-refractivity contribution in [2.24, 2.45) is 7.05 Å². The number of aromatic nitrogens is 5. The number of ether oxygens (including phenoxy) is 1. The van der Waals surface area contributed by atoms with E-state index < -0.39 is 11.2 Å². The Morgan fingerprint density at radius 3 is 2.80 bits per heavy atom. The van der Waals surface area contributed by atoms with Crippen LogP contribution in [0, 0.1) is 0 Å². The number of aryl methyl sites for hydroxylation is 1. The summed E-state index contributed by atoms with van der Waals surface area (Å²) in [5.41, 5.74) is 1.81. The molecule has 0 saturated heterocycles. The second-order valence-corrected chi connectivity index (χ2v) is 6.17. The Labute approximate surface area is 142 Å². The number of hydrogen-bond donors (Lipinski definition) is 2. The summed E-state index contributed by atoms with van der Waals surface area (Å²) in [5, 5.41) is 8.18. The summed E-state index contributed by atoms with van der Waals surface area (Å²) in [6.07, 6.45) is 4.36. The molecule has 0 spiro atoms. The Morgan fingerprint density at radius 2 is 2.12 bits per heavy atom. The number of aromatic amines is 2. The molecule has 1 aliphatic carbocycles. The van der Waals surface area contributed by atoms with Gasteiger partial charge in [-0.1, -0.05) is 0 Å². The van der Waals surface area contributed by atoms with Gasteiger partial charge in [-0.2, -0.15) is 0 Å². The van der Waals surface area contributed by atoms with Crippen LogP contribution in [0.5, 0.6) is 5.88 Å². The molecule has 0 unspecified atom stereocenters. The Morgan fingerprint density at radius 1 is 1.28 bits per heavy atom. The molecule has 2 N–H and O–H groups in total. The van der Waals surface area contributed by atoms with Gasteiger partial charge in [0.15, 0.2) is 0 Å². The number of rotatable bonds is 4. The first kappa shape index (κ1) is 15.4. The molecule has 0 radical (unpaired) electrons. The fraction of sp³-hybridized carbons (Fsp3) is 0.294. The van der Waals surface area contributed by atoms with Crippen LogP contribution in [0.4, 0.5) is 0 Å². The molecule has 1 fully saturated rings. The first-order chi connectivity index (χ1) is 12.1. The lowest BCUT2D eigenvalue weighted by atomic mass is 10.1. The standard InChI is InChI=1S/C17H17N5O3/c1-22-5-3-4-14(22)10-6-9(10)11-7-13(20-21-16(11)25-2)12-8-18-17(24)19-15(12)23/h3-5,7-10H,6H2,1-2H3,(H2,18,19,23,24)/t9-,10-/m0/s1. The summed E-state index contributed by atoms with van der Waals surface area (Å²) in [5.74, 6) is 1.12. The molecule has 1 saturated carbocycles. The number of nitrogens with one attached hydrogen (secondary N) is 2. The van der Waals surface area contributed by atoms with E-state index in [1.165, 1.54) is 11.9 Å².